The molecule has 0 aliphatic heterocycles. The van der Waals surface area contributed by atoms with E-state index in [-0.39, 0.29) is 5.76 Å². The third-order valence-corrected chi connectivity index (χ3v) is 2.13. The second kappa shape index (κ2) is 4.16. The van der Waals surface area contributed by atoms with Gasteiger partial charge in [0, 0.05) is 5.56 Å². The van der Waals surface area contributed by atoms with E-state index in [0.29, 0.717) is 11.6 Å². The van der Waals surface area contributed by atoms with Gasteiger partial charge < -0.3 is 4.42 Å². The molecular weight excluding hydrogens is 208 g/mol. The molecule has 1 heterocycles. The Morgan fingerprint density at radius 1 is 1.38 bits per heavy atom. The molecule has 2 N–H and O–H groups in total. The third kappa shape index (κ3) is 1.80. The molecule has 0 fully saturated rings. The van der Waals surface area contributed by atoms with Crippen molar-refractivity contribution >= 4 is 5.91 Å². The smallest absolute Gasteiger partial charge is 0.312 e. The topological polar surface area (TPSA) is 75.4 Å². The van der Waals surface area contributed by atoms with E-state index in [0.717, 1.165) is 5.56 Å². The van der Waals surface area contributed by atoms with E-state index in [1.807, 2.05) is 30.3 Å². The van der Waals surface area contributed by atoms with Crippen molar-refractivity contribution in [3.63, 3.8) is 0 Å². The first kappa shape index (κ1) is 10.4. The van der Waals surface area contributed by atoms with E-state index >= 15 is 0 Å². The third-order valence-electron chi connectivity index (χ3n) is 2.13. The molecule has 0 unspecified atom stereocenters. The molecule has 16 heavy (non-hydrogen) atoms. The first-order valence-electron chi connectivity index (χ1n) is 4.69. The van der Waals surface area contributed by atoms with Crippen LogP contribution in [0.25, 0.3) is 11.5 Å². The Labute approximate surface area is 91.7 Å². The molecule has 0 spiro atoms. The normalized spacial score (nSPS) is 10.1. The molecule has 0 aliphatic carbocycles. The van der Waals surface area contributed by atoms with Gasteiger partial charge >= 0.3 is 5.91 Å². The maximum Gasteiger partial charge on any atom is 0.312 e. The number of benzene rings is 1. The van der Waals surface area contributed by atoms with Crippen LogP contribution in [0.4, 0.5) is 0 Å². The lowest BCUT2D eigenvalue weighted by molar-refractivity contribution is 0.0676. The van der Waals surface area contributed by atoms with Crippen LogP contribution in [0, 0.1) is 6.92 Å². The van der Waals surface area contributed by atoms with Crippen LogP contribution in [-0.2, 0) is 0 Å². The fourth-order valence-electron chi connectivity index (χ4n) is 1.36. The van der Waals surface area contributed by atoms with E-state index in [1.54, 1.807) is 6.92 Å². The Balaban J connectivity index is 2.42. The molecule has 1 aromatic heterocycles. The zero-order valence-corrected chi connectivity index (χ0v) is 8.60. The van der Waals surface area contributed by atoms with Crippen molar-refractivity contribution in [1.29, 1.82) is 0 Å². The highest BCUT2D eigenvalue weighted by atomic mass is 16.5. The molecular formula is C11H10N2O3. The van der Waals surface area contributed by atoms with Crippen LogP contribution in [0.2, 0.25) is 0 Å². The zero-order valence-electron chi connectivity index (χ0n) is 8.60. The number of rotatable bonds is 2. The van der Waals surface area contributed by atoms with Gasteiger partial charge in [0.1, 0.15) is 0 Å². The fourth-order valence-corrected chi connectivity index (χ4v) is 1.36. The van der Waals surface area contributed by atoms with Crippen LogP contribution in [-0.4, -0.2) is 16.1 Å². The van der Waals surface area contributed by atoms with Gasteiger partial charge in [-0.3, -0.25) is 10.0 Å². The van der Waals surface area contributed by atoms with E-state index in [2.05, 4.69) is 4.98 Å². The average Bonchev–Trinajstić information content (AvgIpc) is 2.71. The number of carbonyl (C=O) groups excluding carboxylic acids is 1. The minimum absolute atomic E-state index is 0.0151. The Bertz CT molecular complexity index is 505. The number of oxazole rings is 1. The van der Waals surface area contributed by atoms with Crippen LogP contribution in [0.15, 0.2) is 34.7 Å². The minimum atomic E-state index is -0.702. The van der Waals surface area contributed by atoms with Crippen molar-refractivity contribution in [3.05, 3.63) is 41.8 Å². The van der Waals surface area contributed by atoms with Crippen molar-refractivity contribution in [1.82, 2.24) is 10.5 Å². The van der Waals surface area contributed by atoms with Gasteiger partial charge in [-0.1, -0.05) is 18.2 Å². The number of aromatic nitrogens is 1. The van der Waals surface area contributed by atoms with E-state index in [4.69, 9.17) is 9.62 Å². The molecule has 2 rings (SSSR count). The molecule has 82 valence electrons. The Morgan fingerprint density at radius 2 is 2.06 bits per heavy atom. The lowest BCUT2D eigenvalue weighted by atomic mass is 10.2. The van der Waals surface area contributed by atoms with Gasteiger partial charge in [-0.05, 0) is 19.1 Å². The van der Waals surface area contributed by atoms with Gasteiger partial charge in [0.25, 0.3) is 0 Å². The van der Waals surface area contributed by atoms with Crippen LogP contribution in [0.3, 0.4) is 0 Å². The Hall–Kier alpha value is -2.14. The summed E-state index contributed by atoms with van der Waals surface area (Å²) in [5, 5.41) is 8.51. The summed E-state index contributed by atoms with van der Waals surface area (Å²) in [6.07, 6.45) is 0. The molecule has 0 radical (unpaired) electrons. The largest absolute Gasteiger partial charge is 0.431 e. The van der Waals surface area contributed by atoms with Gasteiger partial charge in [-0.2, -0.15) is 0 Å². The van der Waals surface area contributed by atoms with Gasteiger partial charge in [0.05, 0.1) is 5.69 Å². The summed E-state index contributed by atoms with van der Waals surface area (Å²) in [6.45, 7) is 1.64. The molecule has 0 atom stereocenters. The number of hydrogen-bond donors (Lipinski definition) is 2. The standard InChI is InChI=1S/C11H10N2O3/c1-7-9(10(14)13-15)16-11(12-7)8-5-3-2-4-6-8/h2-6,15H,1H3,(H,13,14). The summed E-state index contributed by atoms with van der Waals surface area (Å²) < 4.78 is 5.27. The van der Waals surface area contributed by atoms with Crippen molar-refractivity contribution in [2.24, 2.45) is 0 Å². The summed E-state index contributed by atoms with van der Waals surface area (Å²) in [6, 6.07) is 9.22. The van der Waals surface area contributed by atoms with Gasteiger partial charge in [0.15, 0.2) is 0 Å². The lowest BCUT2D eigenvalue weighted by Gasteiger charge is -1.94. The fraction of sp³-hybridized carbons (Fsp3) is 0.0909. The van der Waals surface area contributed by atoms with E-state index in [9.17, 15) is 4.79 Å². The highest BCUT2D eigenvalue weighted by Crippen LogP contribution is 2.21. The summed E-state index contributed by atoms with van der Waals surface area (Å²) in [5.74, 6) is -0.328. The quantitative estimate of drug-likeness (QED) is 0.595. The van der Waals surface area contributed by atoms with Crippen molar-refractivity contribution < 1.29 is 14.4 Å². The highest BCUT2D eigenvalue weighted by molar-refractivity contribution is 5.91. The Kier molecular flexibility index (Phi) is 2.70. The monoisotopic (exact) mass is 218 g/mol. The van der Waals surface area contributed by atoms with Gasteiger partial charge in [0.2, 0.25) is 11.7 Å². The number of hydroxylamine groups is 1. The summed E-state index contributed by atoms with van der Waals surface area (Å²) >= 11 is 0. The summed E-state index contributed by atoms with van der Waals surface area (Å²) in [5.41, 5.74) is 2.73. The second-order valence-electron chi connectivity index (χ2n) is 3.24. The van der Waals surface area contributed by atoms with Crippen LogP contribution in [0.1, 0.15) is 16.2 Å². The maximum atomic E-state index is 11.2. The molecule has 1 amide bonds. The average molecular weight is 218 g/mol. The van der Waals surface area contributed by atoms with Crippen LogP contribution < -0.4 is 5.48 Å². The van der Waals surface area contributed by atoms with Crippen molar-refractivity contribution in [2.75, 3.05) is 0 Å². The molecule has 1 aromatic carbocycles. The lowest BCUT2D eigenvalue weighted by Crippen LogP contribution is -2.18. The molecule has 0 saturated heterocycles. The van der Waals surface area contributed by atoms with Gasteiger partial charge in [-0.15, -0.1) is 0 Å². The number of nitrogens with one attached hydrogen (secondary N) is 1. The molecule has 0 saturated carbocycles. The molecule has 0 aliphatic rings. The van der Waals surface area contributed by atoms with E-state index < -0.39 is 5.91 Å². The number of aryl methyl sites for hydroxylation is 1. The summed E-state index contributed by atoms with van der Waals surface area (Å²) in [4.78, 5) is 15.3. The molecule has 5 nitrogen and oxygen atoms in total. The summed E-state index contributed by atoms with van der Waals surface area (Å²) in [7, 11) is 0. The predicted octanol–water partition coefficient (Wildman–Crippen LogP) is 1.77. The van der Waals surface area contributed by atoms with Crippen molar-refractivity contribution in [3.8, 4) is 11.5 Å². The van der Waals surface area contributed by atoms with E-state index in [1.165, 1.54) is 5.48 Å². The minimum Gasteiger partial charge on any atom is -0.431 e. The SMILES string of the molecule is Cc1nc(-c2ccccc2)oc1C(=O)NO. The number of nitrogens with zero attached hydrogens (tertiary/aromatic N) is 1. The van der Waals surface area contributed by atoms with Crippen LogP contribution in [0.5, 0.6) is 0 Å². The number of hydrogen-bond acceptors (Lipinski definition) is 4. The first-order chi connectivity index (χ1) is 7.72. The zero-order chi connectivity index (χ0) is 11.5. The second-order valence-corrected chi connectivity index (χ2v) is 3.24. The maximum absolute atomic E-state index is 11.2. The molecule has 2 aromatic rings. The van der Waals surface area contributed by atoms with Crippen molar-refractivity contribution in [2.45, 2.75) is 6.92 Å². The number of amides is 1. The van der Waals surface area contributed by atoms with Crippen LogP contribution >= 0.6 is 0 Å². The van der Waals surface area contributed by atoms with Gasteiger partial charge in [-0.25, -0.2) is 10.5 Å². The molecule has 0 bridgehead atoms. The highest BCUT2D eigenvalue weighted by Gasteiger charge is 2.17. The Morgan fingerprint density at radius 3 is 2.69 bits per heavy atom. The first-order valence-corrected chi connectivity index (χ1v) is 4.69. The molecule has 5 heteroatoms. The number of carbonyl (C=O) groups is 1. The predicted molar refractivity (Wildman–Crippen MR) is 55.9 cm³/mol.